The minimum atomic E-state index is -0.0632. The van der Waals surface area contributed by atoms with Gasteiger partial charge in [-0.05, 0) is 28.5 Å². The van der Waals surface area contributed by atoms with Gasteiger partial charge >= 0.3 is 0 Å². The maximum atomic E-state index is 11.4. The third kappa shape index (κ3) is 2.78. The summed E-state index contributed by atoms with van der Waals surface area (Å²) in [7, 11) is 1.71. The van der Waals surface area contributed by atoms with E-state index >= 15 is 0 Å². The first-order chi connectivity index (χ1) is 9.86. The lowest BCUT2D eigenvalue weighted by Crippen LogP contribution is -2.11. The molecule has 21 heavy (non-hydrogen) atoms. The van der Waals surface area contributed by atoms with Crippen LogP contribution in [0.3, 0.4) is 0 Å². The van der Waals surface area contributed by atoms with Gasteiger partial charge in [-0.1, -0.05) is 52.8 Å². The molecule has 1 aliphatic carbocycles. The topological polar surface area (TPSA) is 26.3 Å². The lowest BCUT2D eigenvalue weighted by Gasteiger charge is -2.19. The summed E-state index contributed by atoms with van der Waals surface area (Å²) in [5.74, 6) is 1.39. The van der Waals surface area contributed by atoms with Crippen molar-refractivity contribution in [2.24, 2.45) is 11.8 Å². The summed E-state index contributed by atoms with van der Waals surface area (Å²) in [4.78, 5) is 11.4. The van der Waals surface area contributed by atoms with Crippen molar-refractivity contribution < 1.29 is 9.53 Å². The Balaban J connectivity index is 2.46. The van der Waals surface area contributed by atoms with Gasteiger partial charge in [-0.2, -0.15) is 0 Å². The Labute approximate surface area is 128 Å². The molecule has 0 unspecified atom stereocenters. The van der Waals surface area contributed by atoms with E-state index in [9.17, 15) is 4.79 Å². The van der Waals surface area contributed by atoms with Crippen LogP contribution >= 0.6 is 0 Å². The van der Waals surface area contributed by atoms with Crippen LogP contribution in [0.15, 0.2) is 18.2 Å². The van der Waals surface area contributed by atoms with Crippen molar-refractivity contribution in [1.29, 1.82) is 0 Å². The molecule has 2 heteroatoms. The fourth-order valence-corrected chi connectivity index (χ4v) is 3.39. The maximum absolute atomic E-state index is 11.4. The quantitative estimate of drug-likeness (QED) is 0.730. The van der Waals surface area contributed by atoms with Gasteiger partial charge < -0.3 is 9.53 Å². The predicted octanol–water partition coefficient (Wildman–Crippen LogP) is 4.28. The molecule has 1 saturated carbocycles. The number of rotatable bonds is 6. The predicted molar refractivity (Wildman–Crippen MR) is 86.9 cm³/mol. The fourth-order valence-electron chi connectivity index (χ4n) is 3.39. The van der Waals surface area contributed by atoms with Gasteiger partial charge in [-0.3, -0.25) is 0 Å². The largest absolute Gasteiger partial charge is 0.384 e. The summed E-state index contributed by atoms with van der Waals surface area (Å²) >= 11 is 0. The van der Waals surface area contributed by atoms with E-state index in [4.69, 9.17) is 4.74 Å². The molecule has 0 aromatic heterocycles. The number of ether oxygens (including phenoxy) is 1. The fraction of sp³-hybridized carbons (Fsp3) is 0.632. The van der Waals surface area contributed by atoms with Crippen molar-refractivity contribution in [3.05, 3.63) is 34.9 Å². The van der Waals surface area contributed by atoms with Gasteiger partial charge in [0.05, 0.1) is 6.61 Å². The minimum Gasteiger partial charge on any atom is -0.384 e. The average Bonchev–Trinajstić information content (AvgIpc) is 3.03. The molecule has 1 aromatic carbocycles. The van der Waals surface area contributed by atoms with Gasteiger partial charge in [-0.15, -0.1) is 0 Å². The van der Waals surface area contributed by atoms with Crippen LogP contribution in [0.25, 0.3) is 0 Å². The van der Waals surface area contributed by atoms with Crippen LogP contribution in [0.2, 0.25) is 0 Å². The van der Waals surface area contributed by atoms with E-state index in [2.05, 4.69) is 52.8 Å². The highest BCUT2D eigenvalue weighted by molar-refractivity contribution is 5.66. The molecule has 0 spiro atoms. The Kier molecular flexibility index (Phi) is 4.57. The van der Waals surface area contributed by atoms with Crippen molar-refractivity contribution in [3.8, 4) is 0 Å². The number of aldehydes is 1. The van der Waals surface area contributed by atoms with Crippen LogP contribution in [-0.4, -0.2) is 20.0 Å². The number of carbonyl (C=O) groups is 1. The van der Waals surface area contributed by atoms with Crippen LogP contribution in [0.1, 0.15) is 63.1 Å². The van der Waals surface area contributed by atoms with Crippen LogP contribution in [0, 0.1) is 11.8 Å². The summed E-state index contributed by atoms with van der Waals surface area (Å²) in [6, 6.07) is 6.90. The second-order valence-electron chi connectivity index (χ2n) is 7.20. The Bertz CT molecular complexity index is 492. The van der Waals surface area contributed by atoms with Crippen molar-refractivity contribution in [1.82, 2.24) is 0 Å². The first kappa shape index (κ1) is 16.2. The molecule has 0 saturated heterocycles. The summed E-state index contributed by atoms with van der Waals surface area (Å²) in [6.45, 7) is 11.8. The third-order valence-electron chi connectivity index (χ3n) is 5.21. The van der Waals surface area contributed by atoms with E-state index in [1.807, 2.05) is 0 Å². The highest BCUT2D eigenvalue weighted by atomic mass is 16.5. The van der Waals surface area contributed by atoms with E-state index in [0.29, 0.717) is 24.4 Å². The second-order valence-corrected chi connectivity index (χ2v) is 7.20. The third-order valence-corrected chi connectivity index (χ3v) is 5.21. The number of hydrogen-bond acceptors (Lipinski definition) is 2. The molecule has 1 fully saturated rings. The van der Waals surface area contributed by atoms with Crippen molar-refractivity contribution >= 4 is 6.29 Å². The first-order valence-corrected chi connectivity index (χ1v) is 7.95. The van der Waals surface area contributed by atoms with E-state index < -0.39 is 0 Å². The maximum Gasteiger partial charge on any atom is 0.124 e. The zero-order chi connectivity index (χ0) is 15.8. The van der Waals surface area contributed by atoms with Gasteiger partial charge in [0.25, 0.3) is 0 Å². The summed E-state index contributed by atoms with van der Waals surface area (Å²) in [6.07, 6.45) is 1.11. The average molecular weight is 288 g/mol. The zero-order valence-corrected chi connectivity index (χ0v) is 14.1. The van der Waals surface area contributed by atoms with Gasteiger partial charge in [0.2, 0.25) is 0 Å². The monoisotopic (exact) mass is 288 g/mol. The molecule has 0 bridgehead atoms. The number of carbonyl (C=O) groups excluding carboxylic acids is 1. The molecular formula is C19H28O2. The molecule has 2 rings (SSSR count). The van der Waals surface area contributed by atoms with Crippen LogP contribution < -0.4 is 0 Å². The van der Waals surface area contributed by atoms with Crippen molar-refractivity contribution in [2.45, 2.75) is 51.9 Å². The Morgan fingerprint density at radius 2 is 1.67 bits per heavy atom. The van der Waals surface area contributed by atoms with E-state index in [-0.39, 0.29) is 11.3 Å². The molecule has 0 aliphatic heterocycles. The van der Waals surface area contributed by atoms with E-state index in [0.717, 1.165) is 6.29 Å². The van der Waals surface area contributed by atoms with Crippen molar-refractivity contribution in [3.63, 3.8) is 0 Å². The minimum absolute atomic E-state index is 0.0632. The van der Waals surface area contributed by atoms with Gasteiger partial charge in [0, 0.05) is 24.4 Å². The molecule has 1 aliphatic rings. The second kappa shape index (κ2) is 5.92. The normalized spacial score (nSPS) is 28.2. The molecule has 116 valence electrons. The Morgan fingerprint density at radius 3 is 2.05 bits per heavy atom. The lowest BCUT2D eigenvalue weighted by molar-refractivity contribution is -0.109. The van der Waals surface area contributed by atoms with Crippen molar-refractivity contribution in [2.75, 3.05) is 13.7 Å². The number of methoxy groups -OCH3 is 1. The van der Waals surface area contributed by atoms with Gasteiger partial charge in [-0.25, -0.2) is 0 Å². The first-order valence-electron chi connectivity index (χ1n) is 7.95. The summed E-state index contributed by atoms with van der Waals surface area (Å²) in [5, 5.41) is 0. The number of benzene rings is 1. The van der Waals surface area contributed by atoms with Gasteiger partial charge in [0.15, 0.2) is 0 Å². The molecular weight excluding hydrogens is 260 g/mol. The zero-order valence-electron chi connectivity index (χ0n) is 14.1. The Morgan fingerprint density at radius 1 is 1.14 bits per heavy atom. The van der Waals surface area contributed by atoms with Crippen LogP contribution in [-0.2, 0) is 14.9 Å². The Hall–Kier alpha value is -1.15. The van der Waals surface area contributed by atoms with Crippen LogP contribution in [0.4, 0.5) is 0 Å². The van der Waals surface area contributed by atoms with Gasteiger partial charge in [0.1, 0.15) is 6.29 Å². The molecule has 0 heterocycles. The highest BCUT2D eigenvalue weighted by Crippen LogP contribution is 2.59. The molecule has 1 aromatic rings. The lowest BCUT2D eigenvalue weighted by atomic mass is 9.86. The molecule has 0 amide bonds. The summed E-state index contributed by atoms with van der Waals surface area (Å²) < 4.78 is 5.31. The molecule has 0 N–H and O–H groups in total. The van der Waals surface area contributed by atoms with Crippen LogP contribution in [0.5, 0.6) is 0 Å². The van der Waals surface area contributed by atoms with E-state index in [1.54, 1.807) is 7.11 Å². The number of hydrogen-bond donors (Lipinski definition) is 0. The smallest absolute Gasteiger partial charge is 0.124 e. The SMILES string of the molecule is COC[C@@H]1[C@@H](C=O)[C@@]1(C)c1cc(C(C)C)cc(C(C)C)c1. The van der Waals surface area contributed by atoms with E-state index in [1.165, 1.54) is 16.7 Å². The summed E-state index contributed by atoms with van der Waals surface area (Å²) in [5.41, 5.74) is 3.97. The molecule has 0 radical (unpaired) electrons. The standard InChI is InChI=1S/C19H28O2/c1-12(2)14-7-15(13(3)4)9-16(8-14)19(5)17(10-20)18(19)11-21-6/h7-10,12-13,17-18H,11H2,1-6H3/t17-,18-,19-/m1/s1. The molecule has 3 atom stereocenters. The molecule has 2 nitrogen and oxygen atoms in total. The highest BCUT2D eigenvalue weighted by Gasteiger charge is 2.62.